The minimum Gasteiger partial charge on any atom is -0.395 e. The van der Waals surface area contributed by atoms with Gasteiger partial charge in [0.2, 0.25) is 10.0 Å². The Bertz CT molecular complexity index is 334. The van der Waals surface area contributed by atoms with Crippen molar-refractivity contribution in [3.8, 4) is 0 Å². The number of halogens is 3. The van der Waals surface area contributed by atoms with Crippen LogP contribution in [-0.2, 0) is 10.0 Å². The molecule has 1 aliphatic rings. The fraction of sp³-hybridized carbons (Fsp3) is 1.00. The number of hydrogen-bond donors (Lipinski definition) is 2. The summed E-state index contributed by atoms with van der Waals surface area (Å²) in [6.07, 6.45) is -5.06. The van der Waals surface area contributed by atoms with Crippen molar-refractivity contribution in [3.05, 3.63) is 0 Å². The molecule has 1 saturated carbocycles. The van der Waals surface area contributed by atoms with Gasteiger partial charge in [0.25, 0.3) is 0 Å². The van der Waals surface area contributed by atoms with Crippen molar-refractivity contribution in [2.24, 2.45) is 0 Å². The van der Waals surface area contributed by atoms with Crippen molar-refractivity contribution < 1.29 is 26.7 Å². The van der Waals surface area contributed by atoms with E-state index >= 15 is 0 Å². The first kappa shape index (κ1) is 12.7. The van der Waals surface area contributed by atoms with Crippen LogP contribution in [0.1, 0.15) is 19.8 Å². The molecule has 0 aromatic rings. The third-order valence-corrected chi connectivity index (χ3v) is 4.30. The van der Waals surface area contributed by atoms with Gasteiger partial charge in [0.05, 0.1) is 11.9 Å². The molecule has 0 spiro atoms. The van der Waals surface area contributed by atoms with Gasteiger partial charge in [-0.05, 0) is 19.8 Å². The molecular weight excluding hydrogens is 235 g/mol. The van der Waals surface area contributed by atoms with E-state index in [0.29, 0.717) is 0 Å². The highest BCUT2D eigenvalue weighted by Gasteiger charge is 2.65. The molecule has 0 aromatic carbocycles. The maximum atomic E-state index is 12.4. The van der Waals surface area contributed by atoms with Crippen molar-refractivity contribution in [1.29, 1.82) is 0 Å². The molecule has 1 rings (SSSR count). The van der Waals surface area contributed by atoms with Crippen molar-refractivity contribution >= 4 is 10.0 Å². The first-order valence-electron chi connectivity index (χ1n) is 4.35. The molecule has 1 unspecified atom stereocenters. The number of aliphatic hydroxyl groups is 1. The third kappa shape index (κ3) is 2.43. The SMILES string of the molecule is CC(CO)S(=O)(=O)NC1(C(F)(F)F)CC1. The number of rotatable bonds is 4. The molecule has 0 saturated heterocycles. The van der Waals surface area contributed by atoms with Crippen LogP contribution in [0.2, 0.25) is 0 Å². The molecule has 0 aromatic heterocycles. The molecule has 1 fully saturated rings. The van der Waals surface area contributed by atoms with Crippen LogP contribution in [0, 0.1) is 0 Å². The van der Waals surface area contributed by atoms with Gasteiger partial charge >= 0.3 is 6.18 Å². The monoisotopic (exact) mass is 247 g/mol. The molecule has 0 heterocycles. The summed E-state index contributed by atoms with van der Waals surface area (Å²) in [4.78, 5) is 0. The summed E-state index contributed by atoms with van der Waals surface area (Å²) in [6.45, 7) is 0.443. The van der Waals surface area contributed by atoms with Gasteiger partial charge in [0.15, 0.2) is 0 Å². The molecular formula is C7H12F3NO3S. The average Bonchev–Trinajstić information content (AvgIpc) is 2.82. The van der Waals surface area contributed by atoms with Crippen LogP contribution >= 0.6 is 0 Å². The fourth-order valence-electron chi connectivity index (χ4n) is 1.04. The Kier molecular flexibility index (Phi) is 3.05. The Morgan fingerprint density at radius 2 is 1.93 bits per heavy atom. The van der Waals surface area contributed by atoms with Crippen LogP contribution in [0.3, 0.4) is 0 Å². The Morgan fingerprint density at radius 3 is 2.20 bits per heavy atom. The summed E-state index contributed by atoms with van der Waals surface area (Å²) in [5, 5.41) is 7.35. The van der Waals surface area contributed by atoms with Crippen LogP contribution in [-0.4, -0.2) is 37.1 Å². The molecule has 0 bridgehead atoms. The van der Waals surface area contributed by atoms with E-state index in [1.165, 1.54) is 0 Å². The zero-order valence-electron chi connectivity index (χ0n) is 8.00. The minimum atomic E-state index is -4.57. The maximum Gasteiger partial charge on any atom is 0.407 e. The summed E-state index contributed by atoms with van der Waals surface area (Å²) in [7, 11) is -4.11. The van der Waals surface area contributed by atoms with Gasteiger partial charge in [0.1, 0.15) is 5.54 Å². The minimum absolute atomic E-state index is 0.242. The molecule has 4 nitrogen and oxygen atoms in total. The highest BCUT2D eigenvalue weighted by Crippen LogP contribution is 2.49. The molecule has 15 heavy (non-hydrogen) atoms. The van der Waals surface area contributed by atoms with Crippen LogP contribution < -0.4 is 4.72 Å². The Balaban J connectivity index is 2.79. The van der Waals surface area contributed by atoms with E-state index in [1.807, 2.05) is 0 Å². The van der Waals surface area contributed by atoms with Gasteiger partial charge in [-0.2, -0.15) is 17.9 Å². The summed E-state index contributed by atoms with van der Waals surface area (Å²) in [5.41, 5.74) is -2.30. The standard InChI is InChI=1S/C7H12F3NO3S/c1-5(4-12)15(13,14)11-6(2-3-6)7(8,9)10/h5,11-12H,2-4H2,1H3. The topological polar surface area (TPSA) is 66.4 Å². The smallest absolute Gasteiger partial charge is 0.395 e. The second-order valence-corrected chi connectivity index (χ2v) is 5.82. The highest BCUT2D eigenvalue weighted by molar-refractivity contribution is 7.90. The highest BCUT2D eigenvalue weighted by atomic mass is 32.2. The van der Waals surface area contributed by atoms with Crippen LogP contribution in [0.5, 0.6) is 0 Å². The van der Waals surface area contributed by atoms with E-state index in [2.05, 4.69) is 0 Å². The number of alkyl halides is 3. The van der Waals surface area contributed by atoms with Gasteiger partial charge in [-0.25, -0.2) is 8.42 Å². The van der Waals surface area contributed by atoms with E-state index in [0.717, 1.165) is 6.92 Å². The molecule has 2 N–H and O–H groups in total. The van der Waals surface area contributed by atoms with E-state index in [4.69, 9.17) is 5.11 Å². The summed E-state index contributed by atoms with van der Waals surface area (Å²) in [6, 6.07) is 0. The largest absolute Gasteiger partial charge is 0.407 e. The Hall–Kier alpha value is -0.340. The maximum absolute atomic E-state index is 12.4. The second kappa shape index (κ2) is 3.60. The Labute approximate surface area is 85.5 Å². The lowest BCUT2D eigenvalue weighted by molar-refractivity contribution is -0.160. The van der Waals surface area contributed by atoms with E-state index in [9.17, 15) is 21.6 Å². The van der Waals surface area contributed by atoms with Gasteiger partial charge < -0.3 is 5.11 Å². The predicted molar refractivity (Wildman–Crippen MR) is 46.6 cm³/mol. The van der Waals surface area contributed by atoms with Gasteiger partial charge in [-0.15, -0.1) is 0 Å². The molecule has 8 heteroatoms. The van der Waals surface area contributed by atoms with Crippen molar-refractivity contribution in [2.75, 3.05) is 6.61 Å². The first-order chi connectivity index (χ1) is 6.65. The number of nitrogens with one attached hydrogen (secondary N) is 1. The molecule has 0 radical (unpaired) electrons. The molecule has 1 aliphatic carbocycles. The van der Waals surface area contributed by atoms with Crippen molar-refractivity contribution in [3.63, 3.8) is 0 Å². The number of aliphatic hydroxyl groups excluding tert-OH is 1. The summed E-state index contributed by atoms with van der Waals surface area (Å²) >= 11 is 0. The normalized spacial score (nSPS) is 22.5. The zero-order valence-corrected chi connectivity index (χ0v) is 8.82. The van der Waals surface area contributed by atoms with Gasteiger partial charge in [-0.3, -0.25) is 0 Å². The lowest BCUT2D eigenvalue weighted by Gasteiger charge is -2.22. The van der Waals surface area contributed by atoms with E-state index in [1.54, 1.807) is 4.72 Å². The fourth-order valence-corrected chi connectivity index (χ4v) is 2.30. The molecule has 0 aliphatic heterocycles. The zero-order chi connectivity index (χ0) is 11.9. The van der Waals surface area contributed by atoms with Crippen LogP contribution in [0.4, 0.5) is 13.2 Å². The lowest BCUT2D eigenvalue weighted by Crippen LogP contribution is -2.50. The van der Waals surface area contributed by atoms with Gasteiger partial charge in [-0.1, -0.05) is 0 Å². The molecule has 0 amide bonds. The average molecular weight is 247 g/mol. The van der Waals surface area contributed by atoms with Gasteiger partial charge in [0, 0.05) is 0 Å². The van der Waals surface area contributed by atoms with Crippen molar-refractivity contribution in [1.82, 2.24) is 4.72 Å². The second-order valence-electron chi connectivity index (χ2n) is 3.72. The summed E-state index contributed by atoms with van der Waals surface area (Å²) < 4.78 is 61.4. The Morgan fingerprint density at radius 1 is 1.47 bits per heavy atom. The third-order valence-electron chi connectivity index (χ3n) is 2.42. The summed E-state index contributed by atoms with van der Waals surface area (Å²) in [5.74, 6) is 0. The number of hydrogen-bond acceptors (Lipinski definition) is 3. The van der Waals surface area contributed by atoms with Crippen molar-refractivity contribution in [2.45, 2.75) is 36.7 Å². The first-order valence-corrected chi connectivity index (χ1v) is 5.90. The van der Waals surface area contributed by atoms with E-state index in [-0.39, 0.29) is 12.8 Å². The predicted octanol–water partition coefficient (Wildman–Crippen LogP) is 0.382. The van der Waals surface area contributed by atoms with Crippen LogP contribution in [0.25, 0.3) is 0 Å². The quantitative estimate of drug-likeness (QED) is 0.754. The number of sulfonamides is 1. The van der Waals surface area contributed by atoms with E-state index < -0.39 is 33.6 Å². The lowest BCUT2D eigenvalue weighted by atomic mass is 10.3. The molecule has 1 atom stereocenters. The molecule has 90 valence electrons. The van der Waals surface area contributed by atoms with Crippen LogP contribution in [0.15, 0.2) is 0 Å².